The van der Waals surface area contributed by atoms with Crippen LogP contribution in [0.1, 0.15) is 30.1 Å². The van der Waals surface area contributed by atoms with Gasteiger partial charge in [-0.25, -0.2) is 13.2 Å². The van der Waals surface area contributed by atoms with E-state index in [0.29, 0.717) is 22.9 Å². The number of benzene rings is 3. The van der Waals surface area contributed by atoms with Gasteiger partial charge in [0, 0.05) is 10.7 Å². The van der Waals surface area contributed by atoms with Crippen LogP contribution in [0.5, 0.6) is 0 Å². The Labute approximate surface area is 214 Å². The first-order valence-corrected chi connectivity index (χ1v) is 13.0. The highest BCUT2D eigenvalue weighted by Gasteiger charge is 2.28. The van der Waals surface area contributed by atoms with Crippen molar-refractivity contribution >= 4 is 56.5 Å². The molecule has 35 heavy (non-hydrogen) atoms. The van der Waals surface area contributed by atoms with Crippen LogP contribution in [0.15, 0.2) is 77.7 Å². The summed E-state index contributed by atoms with van der Waals surface area (Å²) in [6.45, 7) is 1.80. The summed E-state index contributed by atoms with van der Waals surface area (Å²) in [4.78, 5) is 24.9. The maximum absolute atomic E-state index is 13.4. The molecule has 0 spiro atoms. The molecule has 0 unspecified atom stereocenters. The predicted octanol–water partition coefficient (Wildman–Crippen LogP) is 5.78. The maximum atomic E-state index is 13.4. The van der Waals surface area contributed by atoms with E-state index >= 15 is 0 Å². The van der Waals surface area contributed by atoms with Crippen LogP contribution < -0.4 is 9.62 Å². The molecule has 184 valence electrons. The van der Waals surface area contributed by atoms with E-state index in [1.165, 1.54) is 42.5 Å². The average Bonchev–Trinajstić information content (AvgIpc) is 2.84. The number of rotatable bonds is 10. The summed E-state index contributed by atoms with van der Waals surface area (Å²) in [5, 5.41) is 3.06. The number of halogens is 2. The molecule has 1 N–H and O–H groups in total. The van der Waals surface area contributed by atoms with Gasteiger partial charge in [0.2, 0.25) is 5.91 Å². The van der Waals surface area contributed by atoms with Crippen LogP contribution in [0.3, 0.4) is 0 Å². The zero-order chi connectivity index (χ0) is 25.4. The number of ether oxygens (including phenoxy) is 1. The molecule has 0 heterocycles. The monoisotopic (exact) mass is 534 g/mol. The Hall–Kier alpha value is -3.07. The van der Waals surface area contributed by atoms with E-state index < -0.39 is 28.4 Å². The first-order valence-electron chi connectivity index (χ1n) is 10.8. The molecule has 0 aliphatic rings. The van der Waals surface area contributed by atoms with Gasteiger partial charge in [-0.2, -0.15) is 0 Å². The Bertz CT molecular complexity index is 1280. The minimum atomic E-state index is -4.12. The minimum absolute atomic E-state index is 0.00440. The molecule has 3 aromatic rings. The van der Waals surface area contributed by atoms with Crippen molar-refractivity contribution in [3.63, 3.8) is 0 Å². The van der Waals surface area contributed by atoms with E-state index in [4.69, 9.17) is 27.9 Å². The van der Waals surface area contributed by atoms with Gasteiger partial charge in [-0.3, -0.25) is 9.10 Å². The molecule has 0 aromatic heterocycles. The SMILES string of the molecule is CCCCOC(=O)c1ccc(NC(=O)CN(c2ccc(Cl)cc2Cl)S(=O)(=O)c2ccccc2)cc1. The highest BCUT2D eigenvalue weighted by atomic mass is 35.5. The Kier molecular flexibility index (Phi) is 9.14. The van der Waals surface area contributed by atoms with Crippen molar-refractivity contribution in [2.75, 3.05) is 22.8 Å². The molecule has 0 aliphatic carbocycles. The topological polar surface area (TPSA) is 92.8 Å². The number of carbonyl (C=O) groups is 2. The van der Waals surface area contributed by atoms with E-state index in [9.17, 15) is 18.0 Å². The summed E-state index contributed by atoms with van der Waals surface area (Å²) in [6.07, 6.45) is 1.69. The van der Waals surface area contributed by atoms with Gasteiger partial charge in [-0.15, -0.1) is 0 Å². The van der Waals surface area contributed by atoms with Crippen molar-refractivity contribution in [3.8, 4) is 0 Å². The maximum Gasteiger partial charge on any atom is 0.338 e. The summed E-state index contributed by atoms with van der Waals surface area (Å²) in [5.74, 6) is -1.05. The lowest BCUT2D eigenvalue weighted by Gasteiger charge is -2.25. The highest BCUT2D eigenvalue weighted by Crippen LogP contribution is 2.32. The molecule has 0 fully saturated rings. The first-order chi connectivity index (χ1) is 16.7. The van der Waals surface area contributed by atoms with Crippen molar-refractivity contribution < 1.29 is 22.7 Å². The van der Waals surface area contributed by atoms with Crippen molar-refractivity contribution in [3.05, 3.63) is 88.4 Å². The smallest absolute Gasteiger partial charge is 0.338 e. The molecule has 7 nitrogen and oxygen atoms in total. The Morgan fingerprint density at radius 2 is 1.66 bits per heavy atom. The molecule has 3 aromatic carbocycles. The summed E-state index contributed by atoms with van der Waals surface area (Å²) in [5.41, 5.74) is 0.847. The normalized spacial score (nSPS) is 11.1. The third-order valence-electron chi connectivity index (χ3n) is 4.93. The largest absolute Gasteiger partial charge is 0.462 e. The van der Waals surface area contributed by atoms with Gasteiger partial charge < -0.3 is 10.1 Å². The molecule has 0 saturated carbocycles. The Balaban J connectivity index is 1.80. The molecule has 1 amide bonds. The number of carbonyl (C=O) groups excluding carboxylic acids is 2. The van der Waals surface area contributed by atoms with Crippen molar-refractivity contribution in [2.24, 2.45) is 0 Å². The molecule has 3 rings (SSSR count). The van der Waals surface area contributed by atoms with Crippen LogP contribution in [0.2, 0.25) is 10.0 Å². The summed E-state index contributed by atoms with van der Waals surface area (Å²) in [6, 6.07) is 18.2. The van der Waals surface area contributed by atoms with Crippen molar-refractivity contribution in [2.45, 2.75) is 24.7 Å². The Morgan fingerprint density at radius 3 is 2.29 bits per heavy atom. The summed E-state index contributed by atoms with van der Waals surface area (Å²) in [7, 11) is -4.12. The van der Waals surface area contributed by atoms with Crippen LogP contribution in [0.25, 0.3) is 0 Å². The fraction of sp³-hybridized carbons (Fsp3) is 0.200. The number of sulfonamides is 1. The van der Waals surface area contributed by atoms with E-state index in [0.717, 1.165) is 17.1 Å². The number of hydrogen-bond acceptors (Lipinski definition) is 5. The number of anilines is 2. The zero-order valence-corrected chi connectivity index (χ0v) is 21.2. The van der Waals surface area contributed by atoms with Crippen molar-refractivity contribution in [1.29, 1.82) is 0 Å². The minimum Gasteiger partial charge on any atom is -0.462 e. The average molecular weight is 535 g/mol. The molecule has 0 atom stereocenters. The lowest BCUT2D eigenvalue weighted by atomic mass is 10.2. The van der Waals surface area contributed by atoms with Crippen LogP contribution in [0, 0.1) is 0 Å². The van der Waals surface area contributed by atoms with Crippen LogP contribution in [-0.2, 0) is 19.6 Å². The molecule has 0 saturated heterocycles. The molecule has 10 heteroatoms. The van der Waals surface area contributed by atoms with Crippen molar-refractivity contribution in [1.82, 2.24) is 0 Å². The van der Waals surface area contributed by atoms with Gasteiger partial charge in [0.05, 0.1) is 27.8 Å². The van der Waals surface area contributed by atoms with Gasteiger partial charge >= 0.3 is 5.97 Å². The third-order valence-corrected chi connectivity index (χ3v) is 7.24. The van der Waals surface area contributed by atoms with E-state index in [1.54, 1.807) is 30.3 Å². The quantitative estimate of drug-likeness (QED) is 0.262. The fourth-order valence-corrected chi connectivity index (χ4v) is 5.14. The number of hydrogen-bond donors (Lipinski definition) is 1. The Morgan fingerprint density at radius 1 is 0.971 bits per heavy atom. The first kappa shape index (κ1) is 26.5. The van der Waals surface area contributed by atoms with Crippen LogP contribution in [-0.4, -0.2) is 33.4 Å². The van der Waals surface area contributed by atoms with Gasteiger partial charge in [0.15, 0.2) is 0 Å². The predicted molar refractivity (Wildman–Crippen MR) is 138 cm³/mol. The van der Waals surface area contributed by atoms with Gasteiger partial charge in [-0.05, 0) is 61.0 Å². The second-order valence-electron chi connectivity index (χ2n) is 7.54. The van der Waals surface area contributed by atoms with Gasteiger partial charge in [-0.1, -0.05) is 54.7 Å². The molecular weight excluding hydrogens is 511 g/mol. The standard InChI is InChI=1S/C25H24Cl2N2O5S/c1-2-3-15-34-25(31)18-9-12-20(13-10-18)28-24(30)17-29(23-14-11-19(26)16-22(23)27)35(32,33)21-7-5-4-6-8-21/h4-14,16H,2-3,15,17H2,1H3,(H,28,30). The number of unbranched alkanes of at least 4 members (excludes halogenated alkanes) is 1. The van der Waals surface area contributed by atoms with E-state index in [-0.39, 0.29) is 15.6 Å². The lowest BCUT2D eigenvalue weighted by Crippen LogP contribution is -2.38. The lowest BCUT2D eigenvalue weighted by molar-refractivity contribution is -0.114. The second kappa shape index (κ2) is 12.1. The number of nitrogens with zero attached hydrogens (tertiary/aromatic N) is 1. The van der Waals surface area contributed by atoms with Gasteiger partial charge in [0.1, 0.15) is 6.54 Å². The van der Waals surface area contributed by atoms with Crippen LogP contribution >= 0.6 is 23.2 Å². The third kappa shape index (κ3) is 6.97. The van der Waals surface area contributed by atoms with Gasteiger partial charge in [0.25, 0.3) is 10.0 Å². The number of nitrogens with one attached hydrogen (secondary N) is 1. The number of amides is 1. The second-order valence-corrected chi connectivity index (χ2v) is 10.2. The fourth-order valence-electron chi connectivity index (χ4n) is 3.12. The summed E-state index contributed by atoms with van der Waals surface area (Å²) >= 11 is 12.3. The zero-order valence-electron chi connectivity index (χ0n) is 18.9. The molecule has 0 aliphatic heterocycles. The molecule has 0 bridgehead atoms. The number of esters is 1. The van der Waals surface area contributed by atoms with E-state index in [2.05, 4.69) is 5.32 Å². The summed E-state index contributed by atoms with van der Waals surface area (Å²) < 4.78 is 32.9. The molecule has 0 radical (unpaired) electrons. The van der Waals surface area contributed by atoms with E-state index in [1.807, 2.05) is 6.92 Å². The molecular formula is C25H24Cl2N2O5S. The highest BCUT2D eigenvalue weighted by molar-refractivity contribution is 7.92. The van der Waals surface area contributed by atoms with Crippen LogP contribution in [0.4, 0.5) is 11.4 Å².